The zero-order valence-electron chi connectivity index (χ0n) is 17.8. The summed E-state index contributed by atoms with van der Waals surface area (Å²) in [6.45, 7) is 0.217. The maximum absolute atomic E-state index is 12.9. The molecule has 8 heteroatoms. The van der Waals surface area contributed by atoms with E-state index in [1.165, 1.54) is 6.20 Å². The van der Waals surface area contributed by atoms with Crippen LogP contribution in [0.3, 0.4) is 0 Å². The Morgan fingerprint density at radius 3 is 2.18 bits per heavy atom. The van der Waals surface area contributed by atoms with E-state index in [0.717, 1.165) is 16.0 Å². The molecule has 1 fully saturated rings. The molecule has 1 aliphatic rings. The Morgan fingerprint density at radius 1 is 1.03 bits per heavy atom. The number of nitrogens with one attached hydrogen (secondary N) is 1. The van der Waals surface area contributed by atoms with E-state index < -0.39 is 29.9 Å². The van der Waals surface area contributed by atoms with E-state index in [1.54, 1.807) is 12.1 Å². The minimum Gasteiger partial charge on any atom is -0.480 e. The Morgan fingerprint density at radius 2 is 1.64 bits per heavy atom. The lowest BCUT2D eigenvalue weighted by Gasteiger charge is -2.43. The van der Waals surface area contributed by atoms with E-state index in [2.05, 4.69) is 10.3 Å². The van der Waals surface area contributed by atoms with Crippen LogP contribution in [0.15, 0.2) is 79.0 Å². The summed E-state index contributed by atoms with van der Waals surface area (Å²) in [7, 11) is 0. The summed E-state index contributed by atoms with van der Waals surface area (Å²) in [5.41, 5.74) is 8.37. The van der Waals surface area contributed by atoms with Crippen molar-refractivity contribution in [2.75, 3.05) is 12.3 Å². The number of carboxylic acid groups (broad SMARTS) is 1. The molecule has 1 saturated heterocycles. The van der Waals surface area contributed by atoms with Crippen molar-refractivity contribution in [1.29, 1.82) is 0 Å². The number of rotatable bonds is 7. The Kier molecular flexibility index (Phi) is 6.35. The number of urea groups is 1. The van der Waals surface area contributed by atoms with E-state index >= 15 is 0 Å². The van der Waals surface area contributed by atoms with Gasteiger partial charge in [0.1, 0.15) is 5.82 Å². The van der Waals surface area contributed by atoms with E-state index in [4.69, 9.17) is 5.73 Å². The number of hydrogen-bond donors (Lipinski definition) is 3. The van der Waals surface area contributed by atoms with Gasteiger partial charge in [0.2, 0.25) is 5.91 Å². The minimum atomic E-state index is -1.24. The molecule has 4 N–H and O–H groups in total. The third kappa shape index (κ3) is 4.69. The first kappa shape index (κ1) is 22.0. The van der Waals surface area contributed by atoms with Gasteiger partial charge in [-0.2, -0.15) is 0 Å². The molecule has 0 bridgehead atoms. The van der Waals surface area contributed by atoms with Crippen LogP contribution in [0.1, 0.15) is 22.6 Å². The number of amides is 3. The van der Waals surface area contributed by atoms with Crippen LogP contribution in [-0.4, -0.2) is 45.5 Å². The van der Waals surface area contributed by atoms with E-state index in [-0.39, 0.29) is 24.7 Å². The lowest BCUT2D eigenvalue weighted by Crippen LogP contribution is -2.68. The number of aliphatic carboxylic acids is 1. The number of carbonyl (C=O) groups is 3. The second-order valence-electron chi connectivity index (χ2n) is 7.95. The average Bonchev–Trinajstić information content (AvgIpc) is 2.82. The molecular formula is C25H24N4O4. The largest absolute Gasteiger partial charge is 0.480 e. The number of anilines is 1. The summed E-state index contributed by atoms with van der Waals surface area (Å²) < 4.78 is 0. The molecule has 8 nitrogen and oxygen atoms in total. The smallest absolute Gasteiger partial charge is 0.327 e. The van der Waals surface area contributed by atoms with Crippen LogP contribution < -0.4 is 11.1 Å². The van der Waals surface area contributed by atoms with Gasteiger partial charge in [0.15, 0.2) is 6.04 Å². The second-order valence-corrected chi connectivity index (χ2v) is 7.95. The van der Waals surface area contributed by atoms with Gasteiger partial charge in [0.25, 0.3) is 0 Å². The van der Waals surface area contributed by atoms with Gasteiger partial charge in [-0.3, -0.25) is 4.79 Å². The second kappa shape index (κ2) is 9.52. The quantitative estimate of drug-likeness (QED) is 0.481. The third-order valence-electron chi connectivity index (χ3n) is 5.85. The van der Waals surface area contributed by atoms with Gasteiger partial charge in [-0.25, -0.2) is 19.5 Å². The molecule has 3 aromatic rings. The molecule has 2 heterocycles. The van der Waals surface area contributed by atoms with Crippen LogP contribution in [0.5, 0.6) is 0 Å². The molecule has 168 valence electrons. The molecule has 4 rings (SSSR count). The van der Waals surface area contributed by atoms with Gasteiger partial charge in [-0.05, 0) is 35.2 Å². The normalized spacial score (nSPS) is 17.5. The Hall–Kier alpha value is -4.20. The number of hydrogen-bond acceptors (Lipinski definition) is 5. The zero-order valence-corrected chi connectivity index (χ0v) is 17.8. The number of β-lactam (4-membered cyclic amide) rings is 1. The number of nitrogens with two attached hydrogens (primary N) is 1. The summed E-state index contributed by atoms with van der Waals surface area (Å²) in [5, 5.41) is 12.5. The molecule has 0 radical (unpaired) electrons. The first-order valence-corrected chi connectivity index (χ1v) is 10.6. The highest BCUT2D eigenvalue weighted by Crippen LogP contribution is 2.31. The fourth-order valence-electron chi connectivity index (χ4n) is 4.21. The predicted octanol–water partition coefficient (Wildman–Crippen LogP) is 2.66. The summed E-state index contributed by atoms with van der Waals surface area (Å²) in [6.07, 6.45) is 1.67. The number of imide groups is 1. The predicted molar refractivity (Wildman–Crippen MR) is 122 cm³/mol. The molecule has 1 aromatic heterocycles. The molecule has 0 saturated carbocycles. The molecule has 2 atom stereocenters. The van der Waals surface area contributed by atoms with Gasteiger partial charge in [0, 0.05) is 18.7 Å². The third-order valence-corrected chi connectivity index (χ3v) is 5.85. The number of carbonyl (C=O) groups excluding carboxylic acids is 2. The Labute approximate surface area is 191 Å². The number of benzene rings is 2. The SMILES string of the molecule is Nc1cc(C[C@H]2C(=O)N(C(=O)NCC(c3ccccc3)c3ccccc3)[C@@H]2C(=O)O)ccn1. The van der Waals surface area contributed by atoms with Crippen LogP contribution in [-0.2, 0) is 16.0 Å². The minimum absolute atomic E-state index is 0.147. The molecule has 0 aliphatic carbocycles. The standard InChI is InChI=1S/C25H24N4O4/c26-21-14-16(11-12-27-21)13-19-22(24(31)32)29(23(19)30)25(33)28-15-20(17-7-3-1-4-8-17)18-9-5-2-6-10-18/h1-12,14,19-20,22H,13,15H2,(H2,26,27)(H,28,33)(H,31,32)/t19-,22+/m1/s1. The van der Waals surface area contributed by atoms with Crippen molar-refractivity contribution in [3.05, 3.63) is 95.7 Å². The van der Waals surface area contributed by atoms with E-state index in [9.17, 15) is 19.5 Å². The van der Waals surface area contributed by atoms with Crippen LogP contribution >= 0.6 is 0 Å². The van der Waals surface area contributed by atoms with Crippen molar-refractivity contribution >= 4 is 23.7 Å². The fraction of sp³-hybridized carbons (Fsp3) is 0.200. The maximum atomic E-state index is 12.9. The number of nitrogens with zero attached hydrogens (tertiary/aromatic N) is 2. The number of likely N-dealkylation sites (tertiary alicyclic amines) is 1. The highest BCUT2D eigenvalue weighted by atomic mass is 16.4. The lowest BCUT2D eigenvalue weighted by atomic mass is 9.82. The molecule has 0 unspecified atom stereocenters. The van der Waals surface area contributed by atoms with Crippen molar-refractivity contribution in [2.24, 2.45) is 5.92 Å². The van der Waals surface area contributed by atoms with Gasteiger partial charge < -0.3 is 16.2 Å². The summed E-state index contributed by atoms with van der Waals surface area (Å²) in [6, 6.07) is 20.7. The fourth-order valence-corrected chi connectivity index (χ4v) is 4.21. The summed E-state index contributed by atoms with van der Waals surface area (Å²) >= 11 is 0. The monoisotopic (exact) mass is 444 g/mol. The molecule has 0 spiro atoms. The van der Waals surface area contributed by atoms with Crippen molar-refractivity contribution in [3.63, 3.8) is 0 Å². The van der Waals surface area contributed by atoms with Crippen LogP contribution in [0.4, 0.5) is 10.6 Å². The molecule has 3 amide bonds. The number of pyridine rings is 1. The molecule has 2 aromatic carbocycles. The average molecular weight is 444 g/mol. The number of aromatic nitrogens is 1. The van der Waals surface area contributed by atoms with Gasteiger partial charge in [0.05, 0.1) is 5.92 Å². The number of carboxylic acids is 1. The van der Waals surface area contributed by atoms with Crippen molar-refractivity contribution in [1.82, 2.24) is 15.2 Å². The number of nitrogen functional groups attached to an aromatic ring is 1. The molecular weight excluding hydrogens is 420 g/mol. The lowest BCUT2D eigenvalue weighted by molar-refractivity contribution is -0.165. The summed E-state index contributed by atoms with van der Waals surface area (Å²) in [5.74, 6) is -2.44. The maximum Gasteiger partial charge on any atom is 0.327 e. The molecule has 1 aliphatic heterocycles. The summed E-state index contributed by atoms with van der Waals surface area (Å²) in [4.78, 5) is 42.2. The highest BCUT2D eigenvalue weighted by Gasteiger charge is 2.54. The first-order chi connectivity index (χ1) is 16.0. The van der Waals surface area contributed by atoms with Gasteiger partial charge in [-0.1, -0.05) is 60.7 Å². The topological polar surface area (TPSA) is 126 Å². The van der Waals surface area contributed by atoms with E-state index in [0.29, 0.717) is 5.56 Å². The van der Waals surface area contributed by atoms with Gasteiger partial charge in [-0.15, -0.1) is 0 Å². The first-order valence-electron chi connectivity index (χ1n) is 10.6. The Balaban J connectivity index is 1.47. The van der Waals surface area contributed by atoms with Crippen LogP contribution in [0.25, 0.3) is 0 Å². The van der Waals surface area contributed by atoms with Crippen LogP contribution in [0.2, 0.25) is 0 Å². The zero-order chi connectivity index (χ0) is 23.4. The van der Waals surface area contributed by atoms with Crippen LogP contribution in [0, 0.1) is 5.92 Å². The Bertz CT molecular complexity index is 1110. The van der Waals surface area contributed by atoms with Gasteiger partial charge >= 0.3 is 12.0 Å². The molecule has 33 heavy (non-hydrogen) atoms. The highest BCUT2D eigenvalue weighted by molar-refractivity contribution is 6.07. The van der Waals surface area contributed by atoms with Crippen molar-refractivity contribution in [3.8, 4) is 0 Å². The van der Waals surface area contributed by atoms with E-state index in [1.807, 2.05) is 60.7 Å². The van der Waals surface area contributed by atoms with Crippen molar-refractivity contribution < 1.29 is 19.5 Å². The van der Waals surface area contributed by atoms with Crippen molar-refractivity contribution in [2.45, 2.75) is 18.4 Å².